The molecule has 0 aliphatic carbocycles. The summed E-state index contributed by atoms with van der Waals surface area (Å²) in [4.78, 5) is 13.0. The third-order valence-electron chi connectivity index (χ3n) is 4.30. The number of nitriles is 1. The van der Waals surface area contributed by atoms with Gasteiger partial charge in [-0.1, -0.05) is 78.9 Å². The lowest BCUT2D eigenvalue weighted by Crippen LogP contribution is -2.05. The average Bonchev–Trinajstić information content (AvgIpc) is 3.14. The van der Waals surface area contributed by atoms with Crippen molar-refractivity contribution < 1.29 is 4.79 Å². The van der Waals surface area contributed by atoms with E-state index in [4.69, 9.17) is 0 Å². The van der Waals surface area contributed by atoms with Gasteiger partial charge in [-0.25, -0.2) is 4.68 Å². The highest BCUT2D eigenvalue weighted by atomic mass is 16.1. The fourth-order valence-corrected chi connectivity index (χ4v) is 3.03. The van der Waals surface area contributed by atoms with Gasteiger partial charge in [0, 0.05) is 11.1 Å². The number of benzene rings is 3. The van der Waals surface area contributed by atoms with E-state index in [1.807, 2.05) is 66.7 Å². The molecule has 0 saturated heterocycles. The quantitative estimate of drug-likeness (QED) is 0.504. The standard InChI is InChI=1S/C23H15N3O/c24-16-20-21(23(27)18-12-6-2-7-13-18)25-26(19-14-8-3-9-15-19)22(20)17-10-4-1-5-11-17/h1-15H. The van der Waals surface area contributed by atoms with E-state index in [2.05, 4.69) is 11.2 Å². The molecule has 27 heavy (non-hydrogen) atoms. The summed E-state index contributed by atoms with van der Waals surface area (Å²) in [6.07, 6.45) is 0. The van der Waals surface area contributed by atoms with E-state index < -0.39 is 0 Å². The summed E-state index contributed by atoms with van der Waals surface area (Å²) in [5.41, 5.74) is 3.18. The minimum atomic E-state index is -0.265. The van der Waals surface area contributed by atoms with Gasteiger partial charge in [-0.2, -0.15) is 10.4 Å². The Bertz CT molecular complexity index is 1120. The molecular weight excluding hydrogens is 334 g/mol. The van der Waals surface area contributed by atoms with Gasteiger partial charge in [0.15, 0.2) is 5.69 Å². The molecule has 0 saturated carbocycles. The summed E-state index contributed by atoms with van der Waals surface area (Å²) in [7, 11) is 0. The van der Waals surface area contributed by atoms with Crippen molar-refractivity contribution in [2.45, 2.75) is 0 Å². The lowest BCUT2D eigenvalue weighted by atomic mass is 10.0. The van der Waals surface area contributed by atoms with Crippen molar-refractivity contribution in [3.63, 3.8) is 0 Å². The summed E-state index contributed by atoms with van der Waals surface area (Å²) in [5, 5.41) is 14.4. The van der Waals surface area contributed by atoms with Crippen LogP contribution in [0.15, 0.2) is 91.0 Å². The van der Waals surface area contributed by atoms with Crippen LogP contribution in [0.5, 0.6) is 0 Å². The smallest absolute Gasteiger partial charge is 0.214 e. The number of hydrogen-bond acceptors (Lipinski definition) is 3. The molecule has 4 heteroatoms. The zero-order valence-corrected chi connectivity index (χ0v) is 14.4. The van der Waals surface area contributed by atoms with Gasteiger partial charge >= 0.3 is 0 Å². The van der Waals surface area contributed by atoms with Crippen LogP contribution in [0.25, 0.3) is 16.9 Å². The van der Waals surface area contributed by atoms with Crippen molar-refractivity contribution in [2.75, 3.05) is 0 Å². The first-order chi connectivity index (χ1) is 13.3. The number of rotatable bonds is 4. The molecule has 128 valence electrons. The maximum Gasteiger partial charge on any atom is 0.214 e. The van der Waals surface area contributed by atoms with Crippen LogP contribution in [0.4, 0.5) is 0 Å². The molecule has 0 amide bonds. The second-order valence-electron chi connectivity index (χ2n) is 5.99. The SMILES string of the molecule is N#Cc1c(C(=O)c2ccccc2)nn(-c2ccccc2)c1-c1ccccc1. The number of hydrogen-bond donors (Lipinski definition) is 0. The number of nitrogens with zero attached hydrogens (tertiary/aromatic N) is 3. The van der Waals surface area contributed by atoms with E-state index in [1.165, 1.54) is 0 Å². The third kappa shape index (κ3) is 3.03. The molecule has 0 radical (unpaired) electrons. The molecule has 4 aromatic rings. The van der Waals surface area contributed by atoms with Crippen LogP contribution in [0.2, 0.25) is 0 Å². The summed E-state index contributed by atoms with van der Waals surface area (Å²) in [6, 6.07) is 30.1. The van der Waals surface area contributed by atoms with E-state index in [0.29, 0.717) is 11.3 Å². The van der Waals surface area contributed by atoms with Gasteiger partial charge in [0.2, 0.25) is 5.78 Å². The van der Waals surface area contributed by atoms with Crippen LogP contribution < -0.4 is 0 Å². The maximum absolute atomic E-state index is 13.0. The molecule has 1 heterocycles. The first-order valence-electron chi connectivity index (χ1n) is 8.53. The van der Waals surface area contributed by atoms with Gasteiger partial charge in [0.05, 0.1) is 11.4 Å². The average molecular weight is 349 g/mol. The van der Waals surface area contributed by atoms with Gasteiger partial charge in [-0.15, -0.1) is 0 Å². The van der Waals surface area contributed by atoms with E-state index in [1.54, 1.807) is 28.9 Å². The van der Waals surface area contributed by atoms with Crippen LogP contribution in [-0.4, -0.2) is 15.6 Å². The van der Waals surface area contributed by atoms with E-state index >= 15 is 0 Å². The lowest BCUT2D eigenvalue weighted by Gasteiger charge is -2.07. The van der Waals surface area contributed by atoms with Gasteiger partial charge in [-0.05, 0) is 12.1 Å². The molecule has 0 fully saturated rings. The maximum atomic E-state index is 13.0. The van der Waals surface area contributed by atoms with Crippen molar-refractivity contribution in [3.05, 3.63) is 108 Å². The summed E-state index contributed by atoms with van der Waals surface area (Å²) < 4.78 is 1.67. The van der Waals surface area contributed by atoms with E-state index in [0.717, 1.165) is 11.3 Å². The minimum Gasteiger partial charge on any atom is -0.287 e. The van der Waals surface area contributed by atoms with Gasteiger partial charge in [0.25, 0.3) is 0 Å². The fourth-order valence-electron chi connectivity index (χ4n) is 3.03. The zero-order valence-electron chi connectivity index (χ0n) is 14.4. The Kier molecular flexibility index (Phi) is 4.34. The minimum absolute atomic E-state index is 0.159. The molecular formula is C23H15N3O. The summed E-state index contributed by atoms with van der Waals surface area (Å²) in [6.45, 7) is 0. The molecule has 0 spiro atoms. The van der Waals surface area contributed by atoms with Crippen molar-refractivity contribution in [2.24, 2.45) is 0 Å². The first-order valence-corrected chi connectivity index (χ1v) is 8.53. The number of carbonyl (C=O) groups is 1. The Balaban J connectivity index is 1.98. The van der Waals surface area contributed by atoms with E-state index in [-0.39, 0.29) is 17.0 Å². The molecule has 0 aliphatic rings. The van der Waals surface area contributed by atoms with Gasteiger partial charge in [0.1, 0.15) is 11.6 Å². The number of carbonyl (C=O) groups excluding carboxylic acids is 1. The Morgan fingerprint density at radius 1 is 0.815 bits per heavy atom. The van der Waals surface area contributed by atoms with Crippen LogP contribution in [0.1, 0.15) is 21.6 Å². The molecule has 4 nitrogen and oxygen atoms in total. The van der Waals surface area contributed by atoms with Gasteiger partial charge in [-0.3, -0.25) is 4.79 Å². The normalized spacial score (nSPS) is 10.3. The number of aromatic nitrogens is 2. The van der Waals surface area contributed by atoms with Crippen molar-refractivity contribution >= 4 is 5.78 Å². The highest BCUT2D eigenvalue weighted by Crippen LogP contribution is 2.29. The van der Waals surface area contributed by atoms with Crippen LogP contribution >= 0.6 is 0 Å². The van der Waals surface area contributed by atoms with Crippen molar-refractivity contribution in [1.29, 1.82) is 5.26 Å². The zero-order chi connectivity index (χ0) is 18.6. The van der Waals surface area contributed by atoms with Crippen LogP contribution in [0, 0.1) is 11.3 Å². The lowest BCUT2D eigenvalue weighted by molar-refractivity contribution is 0.103. The highest BCUT2D eigenvalue weighted by molar-refractivity contribution is 6.10. The third-order valence-corrected chi connectivity index (χ3v) is 4.30. The van der Waals surface area contributed by atoms with Crippen molar-refractivity contribution in [1.82, 2.24) is 9.78 Å². The van der Waals surface area contributed by atoms with Crippen LogP contribution in [-0.2, 0) is 0 Å². The topological polar surface area (TPSA) is 58.7 Å². The predicted molar refractivity (Wildman–Crippen MR) is 104 cm³/mol. The first kappa shape index (κ1) is 16.5. The van der Waals surface area contributed by atoms with Crippen LogP contribution in [0.3, 0.4) is 0 Å². The predicted octanol–water partition coefficient (Wildman–Crippen LogP) is 4.64. The molecule has 0 N–H and O–H groups in total. The molecule has 0 atom stereocenters. The monoisotopic (exact) mass is 349 g/mol. The van der Waals surface area contributed by atoms with E-state index in [9.17, 15) is 10.1 Å². The molecule has 0 bridgehead atoms. The summed E-state index contributed by atoms with van der Waals surface area (Å²) in [5.74, 6) is -0.265. The Morgan fingerprint density at radius 2 is 1.37 bits per heavy atom. The largest absolute Gasteiger partial charge is 0.287 e. The second kappa shape index (κ2) is 7.11. The fraction of sp³-hybridized carbons (Fsp3) is 0. The molecule has 0 unspecified atom stereocenters. The molecule has 0 aliphatic heterocycles. The summed E-state index contributed by atoms with van der Waals surface area (Å²) >= 11 is 0. The van der Waals surface area contributed by atoms with Gasteiger partial charge < -0.3 is 0 Å². The second-order valence-corrected chi connectivity index (χ2v) is 5.99. The molecule has 4 rings (SSSR count). The molecule has 3 aromatic carbocycles. The number of ketones is 1. The molecule has 1 aromatic heterocycles. The highest BCUT2D eigenvalue weighted by Gasteiger charge is 2.25. The Morgan fingerprint density at radius 3 is 1.96 bits per heavy atom. The van der Waals surface area contributed by atoms with Crippen molar-refractivity contribution in [3.8, 4) is 23.0 Å². The Labute approximate surface area is 156 Å². The number of para-hydroxylation sites is 1. The Hall–Kier alpha value is -3.97.